The number of rotatable bonds is 2. The molecule has 4 heteroatoms. The maximum absolute atomic E-state index is 11.4. The Morgan fingerprint density at radius 2 is 2.23 bits per heavy atom. The van der Waals surface area contributed by atoms with E-state index < -0.39 is 0 Å². The Hall–Kier alpha value is -0.690. The van der Waals surface area contributed by atoms with Gasteiger partial charge in [0, 0.05) is 13.1 Å². The van der Waals surface area contributed by atoms with Gasteiger partial charge in [-0.15, -0.1) is 0 Å². The van der Waals surface area contributed by atoms with E-state index in [1.165, 1.54) is 0 Å². The Balaban J connectivity index is 2.28. The highest BCUT2D eigenvalue weighted by atomic mass is 32.2. The third kappa shape index (κ3) is 3.27. The minimum atomic E-state index is 0.110. The molecule has 0 spiro atoms. The fourth-order valence-corrected chi connectivity index (χ4v) is 1.81. The van der Waals surface area contributed by atoms with Crippen molar-refractivity contribution in [3.8, 4) is 5.40 Å². The van der Waals surface area contributed by atoms with Crippen LogP contribution in [0, 0.1) is 16.6 Å². The second kappa shape index (κ2) is 5.13. The number of piperidine rings is 1. The number of carbonyl (C=O) groups is 1. The number of amides is 1. The average molecular weight is 198 g/mol. The first-order chi connectivity index (χ1) is 6.24. The fraction of sp³-hybridized carbons (Fsp3) is 0.778. The predicted molar refractivity (Wildman–Crippen MR) is 53.0 cm³/mol. The van der Waals surface area contributed by atoms with Crippen LogP contribution in [0.1, 0.15) is 19.8 Å². The minimum Gasteiger partial charge on any atom is -0.342 e. The predicted octanol–water partition coefficient (Wildman–Crippen LogP) is 1.46. The molecule has 0 bridgehead atoms. The van der Waals surface area contributed by atoms with Gasteiger partial charge in [0.15, 0.2) is 0 Å². The molecule has 1 aliphatic rings. The van der Waals surface area contributed by atoms with Crippen molar-refractivity contribution < 1.29 is 4.79 Å². The van der Waals surface area contributed by atoms with Crippen LogP contribution < -0.4 is 0 Å². The zero-order chi connectivity index (χ0) is 9.68. The Morgan fingerprint density at radius 3 is 2.77 bits per heavy atom. The van der Waals surface area contributed by atoms with Crippen molar-refractivity contribution in [3.63, 3.8) is 0 Å². The summed E-state index contributed by atoms with van der Waals surface area (Å²) in [5, 5.41) is 10.2. The van der Waals surface area contributed by atoms with Gasteiger partial charge in [0.2, 0.25) is 5.91 Å². The van der Waals surface area contributed by atoms with E-state index in [9.17, 15) is 4.79 Å². The summed E-state index contributed by atoms with van der Waals surface area (Å²) in [5.41, 5.74) is 0. The van der Waals surface area contributed by atoms with Crippen LogP contribution in [0.25, 0.3) is 0 Å². The van der Waals surface area contributed by atoms with Crippen LogP contribution in [0.2, 0.25) is 0 Å². The van der Waals surface area contributed by atoms with Crippen LogP contribution in [0.3, 0.4) is 0 Å². The number of carbonyl (C=O) groups excluding carboxylic acids is 1. The van der Waals surface area contributed by atoms with Crippen molar-refractivity contribution in [2.45, 2.75) is 19.8 Å². The third-order valence-electron chi connectivity index (χ3n) is 2.40. The number of thioether (sulfide) groups is 1. The molecule has 0 aromatic rings. The van der Waals surface area contributed by atoms with Crippen LogP contribution >= 0.6 is 11.8 Å². The Labute approximate surface area is 83.1 Å². The summed E-state index contributed by atoms with van der Waals surface area (Å²) in [6, 6.07) is 0. The fourth-order valence-electron chi connectivity index (χ4n) is 1.44. The van der Waals surface area contributed by atoms with Crippen LogP contribution in [-0.2, 0) is 4.79 Å². The molecule has 0 saturated carbocycles. The van der Waals surface area contributed by atoms with E-state index in [1.54, 1.807) is 0 Å². The number of nitriles is 1. The first-order valence-electron chi connectivity index (χ1n) is 4.52. The molecule has 0 radical (unpaired) electrons. The van der Waals surface area contributed by atoms with E-state index in [0.29, 0.717) is 5.75 Å². The van der Waals surface area contributed by atoms with E-state index in [2.05, 4.69) is 6.92 Å². The first kappa shape index (κ1) is 10.4. The summed E-state index contributed by atoms with van der Waals surface area (Å²) < 4.78 is 0. The van der Waals surface area contributed by atoms with Crippen molar-refractivity contribution in [2.24, 2.45) is 5.92 Å². The molecule has 72 valence electrons. The average Bonchev–Trinajstić information content (AvgIpc) is 2.15. The normalized spacial score (nSPS) is 18.3. The molecule has 0 unspecified atom stereocenters. The van der Waals surface area contributed by atoms with Gasteiger partial charge in [-0.25, -0.2) is 0 Å². The summed E-state index contributed by atoms with van der Waals surface area (Å²) >= 11 is 1.03. The standard InChI is InChI=1S/C9H14N2OS/c1-8-2-4-11(5-3-8)9(12)6-13-7-10/h8H,2-6H2,1H3. The van der Waals surface area contributed by atoms with Crippen molar-refractivity contribution >= 4 is 17.7 Å². The number of nitrogens with zero attached hydrogens (tertiary/aromatic N) is 2. The number of hydrogen-bond donors (Lipinski definition) is 0. The number of hydrogen-bond acceptors (Lipinski definition) is 3. The van der Waals surface area contributed by atoms with Gasteiger partial charge in [0.1, 0.15) is 5.40 Å². The van der Waals surface area contributed by atoms with Crippen LogP contribution in [0.15, 0.2) is 0 Å². The highest BCUT2D eigenvalue weighted by molar-refractivity contribution is 8.04. The Bertz CT molecular complexity index is 216. The zero-order valence-electron chi connectivity index (χ0n) is 7.82. The van der Waals surface area contributed by atoms with Gasteiger partial charge in [0.05, 0.1) is 5.75 Å². The van der Waals surface area contributed by atoms with Gasteiger partial charge < -0.3 is 4.90 Å². The van der Waals surface area contributed by atoms with Gasteiger partial charge >= 0.3 is 0 Å². The molecule has 1 fully saturated rings. The second-order valence-corrected chi connectivity index (χ2v) is 4.20. The van der Waals surface area contributed by atoms with E-state index in [0.717, 1.165) is 43.6 Å². The molecule has 3 nitrogen and oxygen atoms in total. The summed E-state index contributed by atoms with van der Waals surface area (Å²) in [6.07, 6.45) is 2.20. The van der Waals surface area contributed by atoms with E-state index >= 15 is 0 Å². The molecule has 0 N–H and O–H groups in total. The minimum absolute atomic E-state index is 0.110. The van der Waals surface area contributed by atoms with Gasteiger partial charge in [-0.05, 0) is 30.5 Å². The zero-order valence-corrected chi connectivity index (χ0v) is 8.64. The summed E-state index contributed by atoms with van der Waals surface area (Å²) in [7, 11) is 0. The highest BCUT2D eigenvalue weighted by Gasteiger charge is 2.19. The molecule has 0 aromatic heterocycles. The quantitative estimate of drug-likeness (QED) is 0.631. The van der Waals surface area contributed by atoms with Gasteiger partial charge in [-0.3, -0.25) is 4.79 Å². The van der Waals surface area contributed by atoms with Gasteiger partial charge in [0.25, 0.3) is 0 Å². The molecule has 1 heterocycles. The maximum atomic E-state index is 11.4. The maximum Gasteiger partial charge on any atom is 0.233 e. The second-order valence-electron chi connectivity index (χ2n) is 3.44. The highest BCUT2D eigenvalue weighted by Crippen LogP contribution is 2.16. The summed E-state index contributed by atoms with van der Waals surface area (Å²) in [6.45, 7) is 3.95. The summed E-state index contributed by atoms with van der Waals surface area (Å²) in [5.74, 6) is 1.16. The molecule has 0 aromatic carbocycles. The van der Waals surface area contributed by atoms with Gasteiger partial charge in [-0.1, -0.05) is 6.92 Å². The number of thiocyanates is 1. The van der Waals surface area contributed by atoms with Crippen molar-refractivity contribution in [3.05, 3.63) is 0 Å². The van der Waals surface area contributed by atoms with Gasteiger partial charge in [-0.2, -0.15) is 5.26 Å². The van der Waals surface area contributed by atoms with E-state index in [4.69, 9.17) is 5.26 Å². The van der Waals surface area contributed by atoms with Crippen molar-refractivity contribution in [1.82, 2.24) is 4.90 Å². The molecule has 1 amide bonds. The molecule has 1 aliphatic heterocycles. The van der Waals surface area contributed by atoms with Crippen LogP contribution in [0.5, 0.6) is 0 Å². The SMILES string of the molecule is CC1CCN(C(=O)CSC#N)CC1. The molecular weight excluding hydrogens is 184 g/mol. The topological polar surface area (TPSA) is 44.1 Å². The lowest BCUT2D eigenvalue weighted by Crippen LogP contribution is -2.38. The van der Waals surface area contributed by atoms with Crippen molar-refractivity contribution in [2.75, 3.05) is 18.8 Å². The summed E-state index contributed by atoms with van der Waals surface area (Å²) in [4.78, 5) is 13.3. The van der Waals surface area contributed by atoms with Crippen molar-refractivity contribution in [1.29, 1.82) is 5.26 Å². The lowest BCUT2D eigenvalue weighted by atomic mass is 9.99. The van der Waals surface area contributed by atoms with E-state index in [-0.39, 0.29) is 5.91 Å². The third-order valence-corrected chi connectivity index (χ3v) is 2.92. The molecular formula is C9H14N2OS. The van der Waals surface area contributed by atoms with Crippen LogP contribution in [0.4, 0.5) is 0 Å². The molecule has 0 aliphatic carbocycles. The smallest absolute Gasteiger partial charge is 0.233 e. The lowest BCUT2D eigenvalue weighted by Gasteiger charge is -2.29. The van der Waals surface area contributed by atoms with Crippen LogP contribution in [-0.4, -0.2) is 29.6 Å². The lowest BCUT2D eigenvalue weighted by molar-refractivity contribution is -0.129. The first-order valence-corrected chi connectivity index (χ1v) is 5.51. The largest absolute Gasteiger partial charge is 0.342 e. The number of likely N-dealkylation sites (tertiary alicyclic amines) is 1. The Kier molecular flexibility index (Phi) is 4.10. The van der Waals surface area contributed by atoms with E-state index in [1.807, 2.05) is 10.3 Å². The monoisotopic (exact) mass is 198 g/mol. The molecule has 13 heavy (non-hydrogen) atoms. The molecule has 1 saturated heterocycles. The molecule has 1 rings (SSSR count). The molecule has 0 atom stereocenters. The Morgan fingerprint density at radius 1 is 1.62 bits per heavy atom.